The standard InChI is InChI=1S/C15H21N3OS/c1-11-5-3-6-13(15(16)20)14(11)18-8-4-7-17(9-10-18)12(2)19/h3,5-6H,4,7-10H2,1-2H3,(H2,16,20). The maximum atomic E-state index is 11.5. The summed E-state index contributed by atoms with van der Waals surface area (Å²) in [5.74, 6) is 0.145. The lowest BCUT2D eigenvalue weighted by molar-refractivity contribution is -0.128. The molecule has 0 aromatic heterocycles. The molecule has 1 aliphatic heterocycles. The molecule has 5 heteroatoms. The van der Waals surface area contributed by atoms with Crippen LogP contribution in [0, 0.1) is 6.92 Å². The van der Waals surface area contributed by atoms with E-state index in [2.05, 4.69) is 17.9 Å². The number of carbonyl (C=O) groups is 1. The molecule has 0 radical (unpaired) electrons. The van der Waals surface area contributed by atoms with E-state index in [0.717, 1.165) is 43.9 Å². The van der Waals surface area contributed by atoms with Crippen molar-refractivity contribution in [3.63, 3.8) is 0 Å². The third kappa shape index (κ3) is 3.10. The van der Waals surface area contributed by atoms with E-state index >= 15 is 0 Å². The Morgan fingerprint density at radius 3 is 2.65 bits per heavy atom. The molecule has 0 unspecified atom stereocenters. The fourth-order valence-corrected chi connectivity index (χ4v) is 2.90. The van der Waals surface area contributed by atoms with Crippen LogP contribution in [0.4, 0.5) is 5.69 Å². The number of hydrogen-bond donors (Lipinski definition) is 1. The second kappa shape index (κ2) is 6.22. The number of aryl methyl sites for hydroxylation is 1. The Hall–Kier alpha value is -1.62. The fourth-order valence-electron chi connectivity index (χ4n) is 2.73. The highest BCUT2D eigenvalue weighted by atomic mass is 32.1. The van der Waals surface area contributed by atoms with Gasteiger partial charge >= 0.3 is 0 Å². The van der Waals surface area contributed by atoms with Crippen LogP contribution in [-0.2, 0) is 4.79 Å². The van der Waals surface area contributed by atoms with Gasteiger partial charge in [-0.05, 0) is 25.0 Å². The van der Waals surface area contributed by atoms with E-state index in [1.165, 1.54) is 5.56 Å². The molecule has 1 aliphatic rings. The first-order chi connectivity index (χ1) is 9.50. The zero-order valence-electron chi connectivity index (χ0n) is 12.1. The van der Waals surface area contributed by atoms with Crippen molar-refractivity contribution in [2.45, 2.75) is 20.3 Å². The van der Waals surface area contributed by atoms with Gasteiger partial charge in [-0.3, -0.25) is 4.79 Å². The van der Waals surface area contributed by atoms with Gasteiger partial charge in [-0.15, -0.1) is 0 Å². The highest BCUT2D eigenvalue weighted by molar-refractivity contribution is 7.80. The second-order valence-electron chi connectivity index (χ2n) is 5.18. The number of carbonyl (C=O) groups excluding carboxylic acids is 1. The average molecular weight is 291 g/mol. The van der Waals surface area contributed by atoms with Crippen LogP contribution in [0.3, 0.4) is 0 Å². The van der Waals surface area contributed by atoms with Crippen LogP contribution in [0.2, 0.25) is 0 Å². The molecule has 1 amide bonds. The molecule has 2 rings (SSSR count). The lowest BCUT2D eigenvalue weighted by atomic mass is 10.1. The summed E-state index contributed by atoms with van der Waals surface area (Å²) in [7, 11) is 0. The third-order valence-electron chi connectivity index (χ3n) is 3.76. The van der Waals surface area contributed by atoms with Gasteiger partial charge in [-0.25, -0.2) is 0 Å². The highest BCUT2D eigenvalue weighted by Gasteiger charge is 2.20. The normalized spacial score (nSPS) is 15.9. The predicted octanol–water partition coefficient (Wildman–Crippen LogP) is 1.69. The van der Waals surface area contributed by atoms with Crippen LogP contribution in [0.5, 0.6) is 0 Å². The molecule has 1 heterocycles. The van der Waals surface area contributed by atoms with Crippen LogP contribution in [0.15, 0.2) is 18.2 Å². The van der Waals surface area contributed by atoms with Gasteiger partial charge < -0.3 is 15.5 Å². The van der Waals surface area contributed by atoms with Gasteiger partial charge in [0, 0.05) is 44.4 Å². The summed E-state index contributed by atoms with van der Waals surface area (Å²) in [6.45, 7) is 7.01. The molecule has 1 saturated heterocycles. The first kappa shape index (κ1) is 14.8. The Morgan fingerprint density at radius 1 is 1.25 bits per heavy atom. The molecule has 0 spiro atoms. The molecule has 0 aliphatic carbocycles. The largest absolute Gasteiger partial charge is 0.389 e. The van der Waals surface area contributed by atoms with E-state index in [1.54, 1.807) is 6.92 Å². The van der Waals surface area contributed by atoms with Crippen molar-refractivity contribution >= 4 is 28.8 Å². The minimum absolute atomic E-state index is 0.145. The molecule has 0 atom stereocenters. The van der Waals surface area contributed by atoms with Crippen LogP contribution in [0.25, 0.3) is 0 Å². The third-order valence-corrected chi connectivity index (χ3v) is 3.98. The van der Waals surface area contributed by atoms with Crippen molar-refractivity contribution in [3.8, 4) is 0 Å². The SMILES string of the molecule is CC(=O)N1CCCN(c2c(C)cccc2C(N)=S)CC1. The molecule has 0 bridgehead atoms. The van der Waals surface area contributed by atoms with Crippen molar-refractivity contribution in [3.05, 3.63) is 29.3 Å². The number of thiocarbonyl (C=S) groups is 1. The molecule has 1 aromatic rings. The van der Waals surface area contributed by atoms with Crippen molar-refractivity contribution in [1.29, 1.82) is 0 Å². The maximum Gasteiger partial charge on any atom is 0.219 e. The smallest absolute Gasteiger partial charge is 0.219 e. The van der Waals surface area contributed by atoms with Gasteiger partial charge in [0.15, 0.2) is 0 Å². The van der Waals surface area contributed by atoms with E-state index in [0.29, 0.717) is 4.99 Å². The number of rotatable bonds is 2. The fraction of sp³-hybridized carbons (Fsp3) is 0.467. The summed E-state index contributed by atoms with van der Waals surface area (Å²) in [5, 5.41) is 0. The Bertz CT molecular complexity index is 530. The van der Waals surface area contributed by atoms with E-state index in [1.807, 2.05) is 17.0 Å². The number of para-hydroxylation sites is 1. The molecule has 108 valence electrons. The molecule has 2 N–H and O–H groups in total. The quantitative estimate of drug-likeness (QED) is 0.843. The molecule has 20 heavy (non-hydrogen) atoms. The number of hydrogen-bond acceptors (Lipinski definition) is 3. The first-order valence-corrected chi connectivity index (χ1v) is 7.31. The highest BCUT2D eigenvalue weighted by Crippen LogP contribution is 2.26. The Balaban J connectivity index is 2.28. The maximum absolute atomic E-state index is 11.5. The van der Waals surface area contributed by atoms with Gasteiger partial charge in [0.1, 0.15) is 4.99 Å². The average Bonchev–Trinajstić information content (AvgIpc) is 2.64. The van der Waals surface area contributed by atoms with Crippen molar-refractivity contribution in [2.75, 3.05) is 31.1 Å². The first-order valence-electron chi connectivity index (χ1n) is 6.90. The number of amides is 1. The summed E-state index contributed by atoms with van der Waals surface area (Å²) < 4.78 is 0. The summed E-state index contributed by atoms with van der Waals surface area (Å²) >= 11 is 5.16. The second-order valence-corrected chi connectivity index (χ2v) is 5.62. The molecular weight excluding hydrogens is 270 g/mol. The number of nitrogens with two attached hydrogens (primary N) is 1. The van der Waals surface area contributed by atoms with Crippen molar-refractivity contribution < 1.29 is 4.79 Å². The van der Waals surface area contributed by atoms with E-state index < -0.39 is 0 Å². The Labute approximate surface area is 125 Å². The zero-order chi connectivity index (χ0) is 14.7. The minimum atomic E-state index is 0.145. The summed E-state index contributed by atoms with van der Waals surface area (Å²) in [5.41, 5.74) is 9.06. The predicted molar refractivity (Wildman–Crippen MR) is 86.2 cm³/mol. The minimum Gasteiger partial charge on any atom is -0.389 e. The topological polar surface area (TPSA) is 49.6 Å². The van der Waals surface area contributed by atoms with Crippen molar-refractivity contribution in [2.24, 2.45) is 5.73 Å². The van der Waals surface area contributed by atoms with E-state index in [9.17, 15) is 4.79 Å². The van der Waals surface area contributed by atoms with Gasteiger partial charge in [0.05, 0.1) is 0 Å². The zero-order valence-corrected chi connectivity index (χ0v) is 12.9. The summed E-state index contributed by atoms with van der Waals surface area (Å²) in [4.78, 5) is 16.1. The molecule has 1 fully saturated rings. The van der Waals surface area contributed by atoms with Gasteiger partial charge in [0.25, 0.3) is 0 Å². The van der Waals surface area contributed by atoms with Crippen LogP contribution in [0.1, 0.15) is 24.5 Å². The molecular formula is C15H21N3OS. The number of anilines is 1. The van der Waals surface area contributed by atoms with Gasteiger partial charge in [-0.1, -0.05) is 24.4 Å². The molecule has 4 nitrogen and oxygen atoms in total. The van der Waals surface area contributed by atoms with E-state index in [-0.39, 0.29) is 5.91 Å². The molecule has 1 aromatic carbocycles. The van der Waals surface area contributed by atoms with Gasteiger partial charge in [-0.2, -0.15) is 0 Å². The molecule has 0 saturated carbocycles. The number of benzene rings is 1. The van der Waals surface area contributed by atoms with Crippen LogP contribution >= 0.6 is 12.2 Å². The Kier molecular flexibility index (Phi) is 4.60. The Morgan fingerprint density at radius 2 is 2.00 bits per heavy atom. The van der Waals surface area contributed by atoms with E-state index in [4.69, 9.17) is 18.0 Å². The monoisotopic (exact) mass is 291 g/mol. The summed E-state index contributed by atoms with van der Waals surface area (Å²) in [6, 6.07) is 6.02. The lowest BCUT2D eigenvalue weighted by Gasteiger charge is -2.27. The van der Waals surface area contributed by atoms with Crippen LogP contribution < -0.4 is 10.6 Å². The van der Waals surface area contributed by atoms with Crippen LogP contribution in [-0.4, -0.2) is 42.0 Å². The summed E-state index contributed by atoms with van der Waals surface area (Å²) in [6.07, 6.45) is 0.963. The van der Waals surface area contributed by atoms with Crippen molar-refractivity contribution in [1.82, 2.24) is 4.90 Å². The number of nitrogens with zero attached hydrogens (tertiary/aromatic N) is 2. The van der Waals surface area contributed by atoms with Gasteiger partial charge in [0.2, 0.25) is 5.91 Å². The lowest BCUT2D eigenvalue weighted by Crippen LogP contribution is -2.34.